The molecule has 2 aromatic carbocycles. The highest BCUT2D eigenvalue weighted by Gasteiger charge is 2.36. The molecule has 4 aromatic rings. The summed E-state index contributed by atoms with van der Waals surface area (Å²) in [5, 5.41) is 13.9. The molecule has 266 valence electrons. The zero-order valence-electron chi connectivity index (χ0n) is 29.6. The number of aromatic nitrogens is 2. The van der Waals surface area contributed by atoms with Crippen LogP contribution in [0.4, 0.5) is 16.3 Å². The number of piperidine rings is 2. The first kappa shape index (κ1) is 35.6. The summed E-state index contributed by atoms with van der Waals surface area (Å²) < 4.78 is 35.7. The zero-order chi connectivity index (χ0) is 35.6. The van der Waals surface area contributed by atoms with Gasteiger partial charge in [0.25, 0.3) is 10.0 Å². The maximum atomic E-state index is 14.3. The minimum absolute atomic E-state index is 0.0568. The largest absolute Gasteiger partial charge is 0.448 e. The Bertz CT molecular complexity index is 1930. The van der Waals surface area contributed by atoms with Gasteiger partial charge in [-0.3, -0.25) is 10.1 Å². The van der Waals surface area contributed by atoms with Gasteiger partial charge < -0.3 is 15.1 Å². The Morgan fingerprint density at radius 1 is 0.920 bits per heavy atom. The fourth-order valence-corrected chi connectivity index (χ4v) is 8.30. The van der Waals surface area contributed by atoms with Crippen LogP contribution in [0.25, 0.3) is 5.69 Å². The van der Waals surface area contributed by atoms with Crippen molar-refractivity contribution in [2.24, 2.45) is 5.92 Å². The van der Waals surface area contributed by atoms with Gasteiger partial charge in [0.2, 0.25) is 5.09 Å². The van der Waals surface area contributed by atoms with Gasteiger partial charge in [-0.1, -0.05) is 57.0 Å². The lowest BCUT2D eigenvalue weighted by molar-refractivity contribution is 0.0914. The summed E-state index contributed by atoms with van der Waals surface area (Å²) in [5.74, 6) is 0.249. The Balaban J connectivity index is 1.22. The third kappa shape index (κ3) is 7.72. The number of hydrogen-bond donors (Lipinski definition) is 3. The van der Waals surface area contributed by atoms with Crippen molar-refractivity contribution in [3.63, 3.8) is 0 Å². The van der Waals surface area contributed by atoms with Crippen molar-refractivity contribution in [2.75, 3.05) is 36.8 Å². The number of ketones is 1. The van der Waals surface area contributed by atoms with Gasteiger partial charge in [-0.05, 0) is 88.4 Å². The third-order valence-corrected chi connectivity index (χ3v) is 11.5. The average Bonchev–Trinajstić information content (AvgIpc) is 3.71. The summed E-state index contributed by atoms with van der Waals surface area (Å²) in [6.45, 7) is 12.4. The summed E-state index contributed by atoms with van der Waals surface area (Å²) in [6.07, 6.45) is 4.23. The number of hydrogen-bond acceptors (Lipinski definition) is 7. The molecule has 4 heterocycles. The van der Waals surface area contributed by atoms with E-state index in [1.54, 1.807) is 23.7 Å². The summed E-state index contributed by atoms with van der Waals surface area (Å²) in [4.78, 5) is 27.6. The highest BCUT2D eigenvalue weighted by Crippen LogP contribution is 2.37. The predicted molar refractivity (Wildman–Crippen MR) is 195 cm³/mol. The van der Waals surface area contributed by atoms with Crippen molar-refractivity contribution in [1.82, 2.24) is 19.4 Å². The topological polar surface area (TPSA) is 139 Å². The minimum Gasteiger partial charge on any atom is -0.448 e. The molecule has 2 aliphatic heterocycles. The van der Waals surface area contributed by atoms with Crippen LogP contribution in [-0.4, -0.2) is 60.5 Å². The molecular weight excluding hydrogens is 653 g/mol. The van der Waals surface area contributed by atoms with Crippen LogP contribution in [0.2, 0.25) is 0 Å². The molecular formula is C38H48N6O5S. The number of carbonyl (C=O) groups is 2. The zero-order valence-corrected chi connectivity index (χ0v) is 30.4. The van der Waals surface area contributed by atoms with Gasteiger partial charge in [0.15, 0.2) is 5.78 Å². The number of carbonyl (C=O) groups excluding carboxylic acids is 2. The molecule has 50 heavy (non-hydrogen) atoms. The van der Waals surface area contributed by atoms with E-state index in [1.165, 1.54) is 10.4 Å². The van der Waals surface area contributed by atoms with Gasteiger partial charge in [0.1, 0.15) is 11.6 Å². The maximum absolute atomic E-state index is 14.3. The number of urea groups is 1. The number of furan rings is 1. The molecule has 0 saturated carbocycles. The quantitative estimate of drug-likeness (QED) is 0.158. The lowest BCUT2D eigenvalue weighted by Crippen LogP contribution is -2.35. The van der Waals surface area contributed by atoms with Crippen LogP contribution in [0.3, 0.4) is 0 Å². The molecule has 11 nitrogen and oxygen atoms in total. The number of nitrogens with one attached hydrogen (secondary N) is 3. The van der Waals surface area contributed by atoms with E-state index in [0.717, 1.165) is 67.7 Å². The molecule has 6 rings (SSSR count). The number of benzene rings is 2. The molecule has 0 spiro atoms. The monoisotopic (exact) mass is 700 g/mol. The van der Waals surface area contributed by atoms with Crippen molar-refractivity contribution in [3.8, 4) is 5.69 Å². The Kier molecular flexibility index (Phi) is 10.3. The molecule has 1 unspecified atom stereocenters. The molecule has 2 aliphatic rings. The smallest absolute Gasteiger partial charge is 0.324 e. The lowest BCUT2D eigenvalue weighted by Gasteiger charge is -2.30. The first-order valence-corrected chi connectivity index (χ1v) is 19.0. The van der Waals surface area contributed by atoms with E-state index in [0.29, 0.717) is 35.9 Å². The molecule has 1 atom stereocenters. The molecule has 2 aromatic heterocycles. The van der Waals surface area contributed by atoms with Crippen molar-refractivity contribution in [2.45, 2.75) is 83.1 Å². The molecule has 2 saturated heterocycles. The fraction of sp³-hybridized carbons (Fsp3) is 0.447. The van der Waals surface area contributed by atoms with E-state index in [-0.39, 0.29) is 22.2 Å². The first-order chi connectivity index (χ1) is 23.8. The molecule has 2 amide bonds. The second-order valence-corrected chi connectivity index (χ2v) is 16.4. The van der Waals surface area contributed by atoms with Crippen molar-refractivity contribution >= 4 is 33.3 Å². The van der Waals surface area contributed by atoms with E-state index in [2.05, 4.69) is 36.7 Å². The Hall–Kier alpha value is -4.26. The maximum Gasteiger partial charge on any atom is 0.324 e. The molecule has 2 fully saturated rings. The van der Waals surface area contributed by atoms with Crippen LogP contribution < -0.4 is 16.0 Å². The van der Waals surface area contributed by atoms with Gasteiger partial charge in [-0.2, -0.15) is 9.40 Å². The summed E-state index contributed by atoms with van der Waals surface area (Å²) in [7, 11) is -3.83. The number of sulfonamides is 1. The Morgan fingerprint density at radius 3 is 2.22 bits per heavy atom. The van der Waals surface area contributed by atoms with Crippen molar-refractivity contribution < 1.29 is 22.4 Å². The van der Waals surface area contributed by atoms with Crippen LogP contribution in [0.15, 0.2) is 70.2 Å². The lowest BCUT2D eigenvalue weighted by atomic mass is 9.76. The Morgan fingerprint density at radius 2 is 1.58 bits per heavy atom. The van der Waals surface area contributed by atoms with Crippen LogP contribution in [0.1, 0.15) is 91.7 Å². The Labute approximate surface area is 294 Å². The molecule has 0 radical (unpaired) electrons. The minimum atomic E-state index is -3.83. The number of Topliss-reactive ketones (excluding diaryl/α,β-unsaturated/α-hetero) is 1. The van der Waals surface area contributed by atoms with E-state index in [4.69, 9.17) is 9.52 Å². The summed E-state index contributed by atoms with van der Waals surface area (Å²) >= 11 is 0. The number of aryl methyl sites for hydroxylation is 2. The third-order valence-electron chi connectivity index (χ3n) is 9.73. The highest BCUT2D eigenvalue weighted by atomic mass is 32.2. The van der Waals surface area contributed by atoms with Gasteiger partial charge in [0, 0.05) is 36.3 Å². The first-order valence-electron chi connectivity index (χ1n) is 17.5. The van der Waals surface area contributed by atoms with Crippen LogP contribution in [0.5, 0.6) is 0 Å². The average molecular weight is 701 g/mol. The number of anilines is 2. The predicted octanol–water partition coefficient (Wildman–Crippen LogP) is 7.16. The van der Waals surface area contributed by atoms with Crippen molar-refractivity contribution in [1.29, 1.82) is 0 Å². The van der Waals surface area contributed by atoms with E-state index < -0.39 is 22.0 Å². The number of nitrogens with zero attached hydrogens (tertiary/aromatic N) is 3. The molecule has 0 aliphatic carbocycles. The van der Waals surface area contributed by atoms with Gasteiger partial charge >= 0.3 is 6.03 Å². The van der Waals surface area contributed by atoms with Gasteiger partial charge in [0.05, 0.1) is 22.9 Å². The van der Waals surface area contributed by atoms with Crippen LogP contribution >= 0.6 is 0 Å². The van der Waals surface area contributed by atoms with E-state index in [1.807, 2.05) is 49.4 Å². The normalized spacial score (nSPS) is 17.0. The molecule has 0 bridgehead atoms. The molecule has 12 heteroatoms. The van der Waals surface area contributed by atoms with E-state index in [9.17, 15) is 18.0 Å². The second kappa shape index (κ2) is 14.5. The SMILES string of the molecule is Cc1ccc(-n2nc(C(C)(C)C)cc2NC(=O)Nc2ccc(C(C(=O)c3cc(S(=O)(=O)N4CCCCC4)oc3C)C3CCNCC3)cc2)cc1. The fourth-order valence-electron chi connectivity index (χ4n) is 6.81. The van der Waals surface area contributed by atoms with Crippen molar-refractivity contribution in [3.05, 3.63) is 88.8 Å². The van der Waals surface area contributed by atoms with E-state index >= 15 is 0 Å². The van der Waals surface area contributed by atoms with Crippen LogP contribution in [-0.2, 0) is 15.4 Å². The number of rotatable bonds is 9. The van der Waals surface area contributed by atoms with Crippen LogP contribution in [0, 0.1) is 19.8 Å². The standard InChI is InChI=1S/C38H48N6O5S/c1-25-9-15-30(16-10-25)44-33(24-32(42-44)38(3,4)5)41-37(46)40-29-13-11-27(12-14-29)35(28-17-19-39-20-18-28)36(45)31-23-34(49-26(31)2)50(47,48)43-21-7-6-8-22-43/h9-16,23-24,28,35,39H,6-8,17-22H2,1-5H3,(H2,40,41,46). The summed E-state index contributed by atoms with van der Waals surface area (Å²) in [6, 6.07) is 18.2. The molecule has 3 N–H and O–H groups in total. The highest BCUT2D eigenvalue weighted by molar-refractivity contribution is 7.89. The summed E-state index contributed by atoms with van der Waals surface area (Å²) in [5.41, 5.74) is 4.25. The van der Waals surface area contributed by atoms with Gasteiger partial charge in [-0.15, -0.1) is 0 Å². The second-order valence-electron chi connectivity index (χ2n) is 14.5. The van der Waals surface area contributed by atoms with Gasteiger partial charge in [-0.25, -0.2) is 17.9 Å². The number of amides is 2.